The standard InChI is InChI=1S/C7H11NO3/c1-4(2)5-3-6(9)11-7(10)8-5/h4-5H,3H2,1-2H3,(H,8,10). The Bertz CT molecular complexity index is 172. The van der Waals surface area contributed by atoms with Gasteiger partial charge in [0.1, 0.15) is 0 Å². The molecule has 1 N–H and O–H groups in total. The summed E-state index contributed by atoms with van der Waals surface area (Å²) in [5.74, 6) is -0.167. The van der Waals surface area contributed by atoms with Crippen molar-refractivity contribution in [2.24, 2.45) is 5.92 Å². The fourth-order valence-corrected chi connectivity index (χ4v) is 0.959. The van der Waals surface area contributed by atoms with Crippen LogP contribution in [-0.4, -0.2) is 18.1 Å². The van der Waals surface area contributed by atoms with Crippen LogP contribution in [0.5, 0.6) is 0 Å². The third-order valence-electron chi connectivity index (χ3n) is 1.70. The lowest BCUT2D eigenvalue weighted by Crippen LogP contribution is -2.46. The van der Waals surface area contributed by atoms with Crippen LogP contribution >= 0.6 is 0 Å². The normalized spacial score (nSPS) is 24.8. The minimum absolute atomic E-state index is 0.0660. The van der Waals surface area contributed by atoms with Crippen LogP contribution in [0.4, 0.5) is 4.79 Å². The van der Waals surface area contributed by atoms with E-state index < -0.39 is 12.1 Å². The first-order valence-corrected chi connectivity index (χ1v) is 3.61. The fourth-order valence-electron chi connectivity index (χ4n) is 0.959. The monoisotopic (exact) mass is 157 g/mol. The average Bonchev–Trinajstić information content (AvgIpc) is 1.85. The van der Waals surface area contributed by atoms with Gasteiger partial charge in [-0.3, -0.25) is 4.79 Å². The van der Waals surface area contributed by atoms with Gasteiger partial charge < -0.3 is 10.1 Å². The lowest BCUT2D eigenvalue weighted by atomic mass is 10.0. The van der Waals surface area contributed by atoms with Crippen LogP contribution in [0.3, 0.4) is 0 Å². The minimum atomic E-state index is -0.625. The number of carbonyl (C=O) groups excluding carboxylic acids is 2. The van der Waals surface area contributed by atoms with Crippen molar-refractivity contribution in [3.05, 3.63) is 0 Å². The van der Waals surface area contributed by atoms with Crippen molar-refractivity contribution >= 4 is 12.1 Å². The third-order valence-corrected chi connectivity index (χ3v) is 1.70. The number of ether oxygens (including phenoxy) is 1. The molecule has 0 spiro atoms. The van der Waals surface area contributed by atoms with Crippen LogP contribution in [0.1, 0.15) is 20.3 Å². The van der Waals surface area contributed by atoms with Gasteiger partial charge in [0.2, 0.25) is 0 Å². The maximum absolute atomic E-state index is 10.7. The highest BCUT2D eigenvalue weighted by atomic mass is 16.6. The number of rotatable bonds is 1. The summed E-state index contributed by atoms with van der Waals surface area (Å²) in [6, 6.07) is -0.0660. The summed E-state index contributed by atoms with van der Waals surface area (Å²) >= 11 is 0. The molecule has 11 heavy (non-hydrogen) atoms. The molecule has 0 bridgehead atoms. The molecule has 0 aromatic carbocycles. The molecule has 1 amide bonds. The molecule has 1 aliphatic heterocycles. The zero-order valence-electron chi connectivity index (χ0n) is 6.59. The predicted octanol–water partition coefficient (Wildman–Crippen LogP) is 0.667. The highest BCUT2D eigenvalue weighted by Gasteiger charge is 2.27. The molecule has 0 aliphatic carbocycles. The zero-order valence-corrected chi connectivity index (χ0v) is 6.59. The number of alkyl carbamates (subject to hydrolysis) is 1. The van der Waals surface area contributed by atoms with Gasteiger partial charge in [-0.05, 0) is 5.92 Å². The van der Waals surface area contributed by atoms with E-state index in [0.29, 0.717) is 0 Å². The van der Waals surface area contributed by atoms with Crippen LogP contribution in [-0.2, 0) is 9.53 Å². The summed E-state index contributed by atoms with van der Waals surface area (Å²) in [7, 11) is 0. The zero-order chi connectivity index (χ0) is 8.43. The SMILES string of the molecule is CC(C)C1CC(=O)OC(=O)N1. The molecule has 1 unspecified atom stereocenters. The second-order valence-corrected chi connectivity index (χ2v) is 2.96. The van der Waals surface area contributed by atoms with Gasteiger partial charge in [0, 0.05) is 6.04 Å². The summed E-state index contributed by atoms with van der Waals surface area (Å²) < 4.78 is 4.28. The Morgan fingerprint density at radius 1 is 1.55 bits per heavy atom. The predicted molar refractivity (Wildman–Crippen MR) is 37.9 cm³/mol. The average molecular weight is 157 g/mol. The molecule has 0 saturated carbocycles. The molecule has 4 nitrogen and oxygen atoms in total. The van der Waals surface area contributed by atoms with Crippen LogP contribution in [0.25, 0.3) is 0 Å². The van der Waals surface area contributed by atoms with Crippen molar-refractivity contribution < 1.29 is 14.3 Å². The molecule has 1 rings (SSSR count). The molecule has 62 valence electrons. The van der Waals surface area contributed by atoms with E-state index >= 15 is 0 Å². The molecule has 0 aromatic heterocycles. The smallest absolute Gasteiger partial charge is 0.376 e. The molecule has 1 heterocycles. The number of cyclic esters (lactones) is 2. The van der Waals surface area contributed by atoms with E-state index in [2.05, 4.69) is 10.1 Å². The number of hydrogen-bond donors (Lipinski definition) is 1. The molecule has 1 atom stereocenters. The van der Waals surface area contributed by atoms with E-state index in [0.717, 1.165) is 0 Å². The van der Waals surface area contributed by atoms with Gasteiger partial charge in [0.05, 0.1) is 6.42 Å². The number of esters is 1. The molecule has 4 heteroatoms. The van der Waals surface area contributed by atoms with Gasteiger partial charge in [0.25, 0.3) is 0 Å². The molecule has 1 aliphatic rings. The Kier molecular flexibility index (Phi) is 2.12. The van der Waals surface area contributed by atoms with Crippen molar-refractivity contribution in [3.8, 4) is 0 Å². The van der Waals surface area contributed by atoms with Crippen molar-refractivity contribution in [3.63, 3.8) is 0 Å². The van der Waals surface area contributed by atoms with Gasteiger partial charge in [-0.25, -0.2) is 4.79 Å². The topological polar surface area (TPSA) is 55.4 Å². The molecule has 1 fully saturated rings. The molecule has 0 radical (unpaired) electrons. The van der Waals surface area contributed by atoms with E-state index in [-0.39, 0.29) is 18.4 Å². The van der Waals surface area contributed by atoms with Gasteiger partial charge >= 0.3 is 12.1 Å². The largest absolute Gasteiger partial charge is 0.415 e. The van der Waals surface area contributed by atoms with Gasteiger partial charge in [-0.1, -0.05) is 13.8 Å². The third kappa shape index (κ3) is 1.93. The van der Waals surface area contributed by atoms with Crippen molar-refractivity contribution in [2.75, 3.05) is 0 Å². The summed E-state index contributed by atoms with van der Waals surface area (Å²) in [5.41, 5.74) is 0. The first-order valence-electron chi connectivity index (χ1n) is 3.61. The molecular formula is C7H11NO3. The van der Waals surface area contributed by atoms with Crippen molar-refractivity contribution in [1.29, 1.82) is 0 Å². The lowest BCUT2D eigenvalue weighted by Gasteiger charge is -2.24. The Morgan fingerprint density at radius 3 is 2.64 bits per heavy atom. The number of hydrogen-bond acceptors (Lipinski definition) is 3. The molecule has 0 aromatic rings. The van der Waals surface area contributed by atoms with Crippen LogP contribution in [0.15, 0.2) is 0 Å². The van der Waals surface area contributed by atoms with Gasteiger partial charge in [0.15, 0.2) is 0 Å². The lowest BCUT2D eigenvalue weighted by molar-refractivity contribution is -0.140. The maximum Gasteiger partial charge on any atom is 0.415 e. The number of nitrogens with one attached hydrogen (secondary N) is 1. The van der Waals surface area contributed by atoms with Crippen LogP contribution in [0.2, 0.25) is 0 Å². The van der Waals surface area contributed by atoms with E-state index in [1.807, 2.05) is 13.8 Å². The summed E-state index contributed by atoms with van der Waals surface area (Å²) in [6.45, 7) is 3.90. The van der Waals surface area contributed by atoms with Crippen molar-refractivity contribution in [2.45, 2.75) is 26.3 Å². The number of carbonyl (C=O) groups is 2. The Labute approximate surface area is 64.9 Å². The first-order chi connectivity index (χ1) is 5.09. The quantitative estimate of drug-likeness (QED) is 0.449. The fraction of sp³-hybridized carbons (Fsp3) is 0.714. The molecular weight excluding hydrogens is 146 g/mol. The van der Waals surface area contributed by atoms with Crippen LogP contribution < -0.4 is 5.32 Å². The minimum Gasteiger partial charge on any atom is -0.376 e. The van der Waals surface area contributed by atoms with Crippen LogP contribution in [0, 0.1) is 5.92 Å². The first kappa shape index (κ1) is 8.04. The maximum atomic E-state index is 10.7. The Balaban J connectivity index is 2.56. The highest BCUT2D eigenvalue weighted by Crippen LogP contribution is 2.11. The summed E-state index contributed by atoms with van der Waals surface area (Å²) in [5, 5.41) is 2.56. The van der Waals surface area contributed by atoms with Gasteiger partial charge in [-0.2, -0.15) is 0 Å². The number of amides is 1. The second kappa shape index (κ2) is 2.90. The highest BCUT2D eigenvalue weighted by molar-refractivity contribution is 5.87. The Hall–Kier alpha value is -1.06. The van der Waals surface area contributed by atoms with E-state index in [1.54, 1.807) is 0 Å². The van der Waals surface area contributed by atoms with E-state index in [4.69, 9.17) is 0 Å². The van der Waals surface area contributed by atoms with Gasteiger partial charge in [-0.15, -0.1) is 0 Å². The summed E-state index contributed by atoms with van der Waals surface area (Å²) in [4.78, 5) is 21.3. The molecule has 1 saturated heterocycles. The Morgan fingerprint density at radius 2 is 2.18 bits per heavy atom. The van der Waals surface area contributed by atoms with E-state index in [1.165, 1.54) is 0 Å². The van der Waals surface area contributed by atoms with E-state index in [9.17, 15) is 9.59 Å². The second-order valence-electron chi connectivity index (χ2n) is 2.96. The summed E-state index contributed by atoms with van der Waals surface area (Å²) in [6.07, 6.45) is -0.344. The van der Waals surface area contributed by atoms with Crippen molar-refractivity contribution in [1.82, 2.24) is 5.32 Å².